The Labute approximate surface area is 89.2 Å². The SMILES string of the molecule is COC1=C(C)C(OC)(C(=O)O)C(C)C=C1. The Bertz CT molecular complexity index is 329. The minimum absolute atomic E-state index is 0.223. The number of ether oxygens (including phenoxy) is 2. The molecule has 84 valence electrons. The second-order valence-electron chi connectivity index (χ2n) is 3.59. The van der Waals surface area contributed by atoms with Gasteiger partial charge in [0.25, 0.3) is 0 Å². The lowest BCUT2D eigenvalue weighted by Gasteiger charge is -2.36. The molecule has 1 aliphatic carbocycles. The van der Waals surface area contributed by atoms with Crippen LogP contribution in [0.1, 0.15) is 13.8 Å². The molecule has 0 radical (unpaired) electrons. The Hall–Kier alpha value is -1.29. The van der Waals surface area contributed by atoms with Gasteiger partial charge in [0.15, 0.2) is 5.60 Å². The average Bonchev–Trinajstić information content (AvgIpc) is 2.19. The smallest absolute Gasteiger partial charge is 0.341 e. The maximum Gasteiger partial charge on any atom is 0.341 e. The minimum atomic E-state index is -1.31. The molecule has 1 N–H and O–H groups in total. The minimum Gasteiger partial charge on any atom is -0.497 e. The third kappa shape index (κ3) is 1.55. The molecule has 4 nitrogen and oxygen atoms in total. The van der Waals surface area contributed by atoms with E-state index in [2.05, 4.69) is 0 Å². The second kappa shape index (κ2) is 4.06. The van der Waals surface area contributed by atoms with Crippen LogP contribution in [0.2, 0.25) is 0 Å². The van der Waals surface area contributed by atoms with Crippen molar-refractivity contribution >= 4 is 5.97 Å². The molecule has 0 fully saturated rings. The zero-order chi connectivity index (χ0) is 11.6. The molecule has 2 unspecified atom stereocenters. The van der Waals surface area contributed by atoms with Crippen molar-refractivity contribution in [1.82, 2.24) is 0 Å². The summed E-state index contributed by atoms with van der Waals surface area (Å²) in [4.78, 5) is 11.3. The molecule has 0 aromatic rings. The van der Waals surface area contributed by atoms with Crippen LogP contribution in [0.25, 0.3) is 0 Å². The zero-order valence-corrected chi connectivity index (χ0v) is 9.40. The maximum absolute atomic E-state index is 11.3. The first-order valence-corrected chi connectivity index (χ1v) is 4.72. The van der Waals surface area contributed by atoms with E-state index in [1.54, 1.807) is 19.1 Å². The van der Waals surface area contributed by atoms with Crippen LogP contribution in [0, 0.1) is 5.92 Å². The van der Waals surface area contributed by atoms with E-state index in [1.807, 2.05) is 6.92 Å². The monoisotopic (exact) mass is 212 g/mol. The van der Waals surface area contributed by atoms with Crippen LogP contribution in [0.15, 0.2) is 23.5 Å². The Balaban J connectivity index is 3.31. The first-order chi connectivity index (χ1) is 7.00. The Morgan fingerprint density at radius 3 is 2.53 bits per heavy atom. The first kappa shape index (κ1) is 11.8. The number of carboxylic acid groups (broad SMARTS) is 1. The van der Waals surface area contributed by atoms with E-state index < -0.39 is 11.6 Å². The fraction of sp³-hybridized carbons (Fsp3) is 0.545. The number of rotatable bonds is 3. The quantitative estimate of drug-likeness (QED) is 0.771. The summed E-state index contributed by atoms with van der Waals surface area (Å²) in [6, 6.07) is 0. The summed E-state index contributed by atoms with van der Waals surface area (Å²) in [5.74, 6) is -0.662. The van der Waals surface area contributed by atoms with Gasteiger partial charge in [-0.2, -0.15) is 0 Å². The molecule has 0 aromatic carbocycles. The number of hydrogen-bond acceptors (Lipinski definition) is 3. The summed E-state index contributed by atoms with van der Waals surface area (Å²) in [5.41, 5.74) is -0.713. The highest BCUT2D eigenvalue weighted by Crippen LogP contribution is 2.37. The number of methoxy groups -OCH3 is 2. The van der Waals surface area contributed by atoms with Gasteiger partial charge < -0.3 is 14.6 Å². The Morgan fingerprint density at radius 2 is 2.13 bits per heavy atom. The van der Waals surface area contributed by atoms with E-state index in [4.69, 9.17) is 9.47 Å². The summed E-state index contributed by atoms with van der Waals surface area (Å²) in [6.07, 6.45) is 3.56. The van der Waals surface area contributed by atoms with Crippen LogP contribution in [-0.4, -0.2) is 30.9 Å². The molecule has 0 aromatic heterocycles. The lowest BCUT2D eigenvalue weighted by molar-refractivity contribution is -0.161. The van der Waals surface area contributed by atoms with E-state index >= 15 is 0 Å². The lowest BCUT2D eigenvalue weighted by Crippen LogP contribution is -2.48. The van der Waals surface area contributed by atoms with Crippen molar-refractivity contribution in [3.05, 3.63) is 23.5 Å². The van der Waals surface area contributed by atoms with Gasteiger partial charge in [0.1, 0.15) is 5.76 Å². The topological polar surface area (TPSA) is 55.8 Å². The average molecular weight is 212 g/mol. The normalized spacial score (nSPS) is 30.5. The van der Waals surface area contributed by atoms with Crippen LogP contribution in [-0.2, 0) is 14.3 Å². The number of carbonyl (C=O) groups is 1. The van der Waals surface area contributed by atoms with Crippen molar-refractivity contribution in [1.29, 1.82) is 0 Å². The molecule has 0 heterocycles. The molecule has 0 bridgehead atoms. The van der Waals surface area contributed by atoms with Crippen molar-refractivity contribution in [3.63, 3.8) is 0 Å². The highest BCUT2D eigenvalue weighted by molar-refractivity contribution is 5.83. The van der Waals surface area contributed by atoms with Crippen molar-refractivity contribution in [3.8, 4) is 0 Å². The van der Waals surface area contributed by atoms with Gasteiger partial charge in [0.2, 0.25) is 0 Å². The van der Waals surface area contributed by atoms with E-state index in [-0.39, 0.29) is 5.92 Å². The second-order valence-corrected chi connectivity index (χ2v) is 3.59. The summed E-state index contributed by atoms with van der Waals surface area (Å²) < 4.78 is 10.3. The molecule has 0 amide bonds. The highest BCUT2D eigenvalue weighted by Gasteiger charge is 2.48. The van der Waals surface area contributed by atoms with E-state index in [0.717, 1.165) is 0 Å². The van der Waals surface area contributed by atoms with Gasteiger partial charge in [-0.3, -0.25) is 0 Å². The predicted molar refractivity (Wildman–Crippen MR) is 55.4 cm³/mol. The van der Waals surface area contributed by atoms with Crippen LogP contribution in [0.3, 0.4) is 0 Å². The molecule has 0 spiro atoms. The van der Waals surface area contributed by atoms with Crippen molar-refractivity contribution in [2.45, 2.75) is 19.4 Å². The first-order valence-electron chi connectivity index (χ1n) is 4.72. The van der Waals surface area contributed by atoms with Gasteiger partial charge in [-0.05, 0) is 13.0 Å². The van der Waals surface area contributed by atoms with Crippen LogP contribution in [0.5, 0.6) is 0 Å². The van der Waals surface area contributed by atoms with Crippen LogP contribution >= 0.6 is 0 Å². The third-order valence-electron chi connectivity index (χ3n) is 2.96. The van der Waals surface area contributed by atoms with Gasteiger partial charge >= 0.3 is 5.97 Å². The van der Waals surface area contributed by atoms with Gasteiger partial charge in [-0.25, -0.2) is 4.79 Å². The van der Waals surface area contributed by atoms with E-state index in [9.17, 15) is 9.90 Å². The molecular formula is C11H16O4. The van der Waals surface area contributed by atoms with Crippen LogP contribution < -0.4 is 0 Å². The number of allylic oxidation sites excluding steroid dienone is 1. The fourth-order valence-corrected chi connectivity index (χ4v) is 2.02. The highest BCUT2D eigenvalue weighted by atomic mass is 16.5. The summed E-state index contributed by atoms with van der Waals surface area (Å²) in [6.45, 7) is 3.53. The summed E-state index contributed by atoms with van der Waals surface area (Å²) in [5, 5.41) is 9.29. The molecular weight excluding hydrogens is 196 g/mol. The number of hydrogen-bond donors (Lipinski definition) is 1. The zero-order valence-electron chi connectivity index (χ0n) is 9.40. The number of aliphatic carboxylic acids is 1. The van der Waals surface area contributed by atoms with Crippen molar-refractivity contribution in [2.24, 2.45) is 5.92 Å². The number of carboxylic acids is 1. The predicted octanol–water partition coefficient (Wildman–Crippen LogP) is 1.58. The standard InChI is InChI=1S/C11H16O4/c1-7-5-6-9(14-3)8(2)11(7,15-4)10(12)13/h5-7H,1-4H3,(H,12,13). The Morgan fingerprint density at radius 1 is 1.53 bits per heavy atom. The van der Waals surface area contributed by atoms with Gasteiger partial charge in [0, 0.05) is 18.6 Å². The molecule has 1 aliphatic rings. The molecule has 0 saturated carbocycles. The third-order valence-corrected chi connectivity index (χ3v) is 2.96. The van der Waals surface area contributed by atoms with Gasteiger partial charge in [-0.15, -0.1) is 0 Å². The molecule has 2 atom stereocenters. The Kier molecular flexibility index (Phi) is 3.19. The molecule has 15 heavy (non-hydrogen) atoms. The van der Waals surface area contributed by atoms with E-state index in [0.29, 0.717) is 11.3 Å². The maximum atomic E-state index is 11.3. The molecule has 0 aliphatic heterocycles. The van der Waals surface area contributed by atoms with Crippen molar-refractivity contribution in [2.75, 3.05) is 14.2 Å². The summed E-state index contributed by atoms with van der Waals surface area (Å²) >= 11 is 0. The largest absolute Gasteiger partial charge is 0.497 e. The molecule has 0 saturated heterocycles. The van der Waals surface area contributed by atoms with Crippen LogP contribution in [0.4, 0.5) is 0 Å². The van der Waals surface area contributed by atoms with Gasteiger partial charge in [0.05, 0.1) is 7.11 Å². The van der Waals surface area contributed by atoms with Gasteiger partial charge in [-0.1, -0.05) is 13.0 Å². The van der Waals surface area contributed by atoms with E-state index in [1.165, 1.54) is 14.2 Å². The molecule has 4 heteroatoms. The van der Waals surface area contributed by atoms with Crippen molar-refractivity contribution < 1.29 is 19.4 Å². The lowest BCUT2D eigenvalue weighted by atomic mass is 9.78. The molecule has 1 rings (SSSR count). The fourth-order valence-electron chi connectivity index (χ4n) is 2.02. The summed E-state index contributed by atoms with van der Waals surface area (Å²) in [7, 11) is 2.92.